The van der Waals surface area contributed by atoms with E-state index in [1.807, 2.05) is 0 Å². The Bertz CT molecular complexity index is 379. The monoisotopic (exact) mass is 278 g/mol. The number of ether oxygens (including phenoxy) is 3. The molecule has 1 heterocycles. The largest absolute Gasteiger partial charge is 0.479 e. The Labute approximate surface area is 107 Å². The average molecular weight is 278 g/mol. The Morgan fingerprint density at radius 3 is 1.89 bits per heavy atom. The van der Waals surface area contributed by atoms with Gasteiger partial charge in [0.05, 0.1) is 0 Å². The molecule has 0 aromatic rings. The molecular formula is C10H14O9. The first-order valence-electron chi connectivity index (χ1n) is 5.33. The van der Waals surface area contributed by atoms with Gasteiger partial charge in [-0.25, -0.2) is 4.79 Å². The molecule has 0 amide bonds. The van der Waals surface area contributed by atoms with E-state index >= 15 is 0 Å². The first-order chi connectivity index (χ1) is 8.73. The Balaban J connectivity index is 2.98. The van der Waals surface area contributed by atoms with Crippen molar-refractivity contribution in [2.75, 3.05) is 0 Å². The molecule has 1 aliphatic rings. The van der Waals surface area contributed by atoms with Gasteiger partial charge in [-0.1, -0.05) is 0 Å². The molecule has 0 aromatic heterocycles. The normalized spacial score (nSPS) is 34.4. The fraction of sp³-hybridized carbons (Fsp3) is 0.700. The summed E-state index contributed by atoms with van der Waals surface area (Å²) >= 11 is 0. The summed E-state index contributed by atoms with van der Waals surface area (Å²) < 4.78 is 14.0. The van der Waals surface area contributed by atoms with Gasteiger partial charge in [-0.05, 0) is 0 Å². The summed E-state index contributed by atoms with van der Waals surface area (Å²) in [6.45, 7) is 2.06. The minimum absolute atomic E-state index is 0.814. The molecule has 9 nitrogen and oxygen atoms in total. The van der Waals surface area contributed by atoms with Crippen molar-refractivity contribution in [3.05, 3.63) is 0 Å². The smallest absolute Gasteiger partial charge is 0.335 e. The summed E-state index contributed by atoms with van der Waals surface area (Å²) in [4.78, 5) is 32.6. The molecular weight excluding hydrogens is 264 g/mol. The van der Waals surface area contributed by atoms with E-state index in [0.29, 0.717) is 0 Å². The van der Waals surface area contributed by atoms with Gasteiger partial charge in [0, 0.05) is 13.8 Å². The zero-order valence-electron chi connectivity index (χ0n) is 10.2. The predicted molar refractivity (Wildman–Crippen MR) is 55.6 cm³/mol. The molecule has 0 aromatic carbocycles. The van der Waals surface area contributed by atoms with Crippen molar-refractivity contribution in [1.29, 1.82) is 0 Å². The number of hydrogen-bond donors (Lipinski definition) is 3. The number of carboxylic acids is 1. The predicted octanol–water partition coefficient (Wildman–Crippen LogP) is -1.99. The van der Waals surface area contributed by atoms with Gasteiger partial charge >= 0.3 is 17.9 Å². The topological polar surface area (TPSA) is 140 Å². The lowest BCUT2D eigenvalue weighted by atomic mass is 9.98. The van der Waals surface area contributed by atoms with Crippen LogP contribution in [0.5, 0.6) is 0 Å². The number of aliphatic carboxylic acids is 1. The van der Waals surface area contributed by atoms with Crippen LogP contribution in [0.4, 0.5) is 0 Å². The highest BCUT2D eigenvalue weighted by atomic mass is 16.7. The minimum atomic E-state index is -1.84. The van der Waals surface area contributed by atoms with Crippen molar-refractivity contribution in [2.45, 2.75) is 44.6 Å². The van der Waals surface area contributed by atoms with Gasteiger partial charge in [-0.2, -0.15) is 0 Å². The second-order valence-electron chi connectivity index (χ2n) is 3.92. The fourth-order valence-corrected chi connectivity index (χ4v) is 1.69. The van der Waals surface area contributed by atoms with Crippen molar-refractivity contribution in [2.24, 2.45) is 0 Å². The quantitative estimate of drug-likeness (QED) is 0.500. The molecule has 3 N–H and O–H groups in total. The van der Waals surface area contributed by atoms with E-state index in [1.165, 1.54) is 0 Å². The molecule has 1 aliphatic heterocycles. The van der Waals surface area contributed by atoms with Gasteiger partial charge in [0.25, 0.3) is 0 Å². The number of carbonyl (C=O) groups is 3. The second kappa shape index (κ2) is 5.95. The molecule has 1 saturated heterocycles. The van der Waals surface area contributed by atoms with Gasteiger partial charge in [0.15, 0.2) is 24.6 Å². The lowest BCUT2D eigenvalue weighted by molar-refractivity contribution is -0.286. The van der Waals surface area contributed by atoms with E-state index in [1.54, 1.807) is 0 Å². The number of aliphatic hydroxyl groups excluding tert-OH is 2. The summed E-state index contributed by atoms with van der Waals surface area (Å²) in [6, 6.07) is 0. The molecule has 0 radical (unpaired) electrons. The molecule has 19 heavy (non-hydrogen) atoms. The SMILES string of the molecule is CC(=O)O[C@@H]1[C@@H](OC(C)=O)[C@H](O)[C@@H](C(=O)O)O[C@@H]1O. The summed E-state index contributed by atoms with van der Waals surface area (Å²) in [5.74, 6) is -3.20. The highest BCUT2D eigenvalue weighted by molar-refractivity contribution is 5.74. The van der Waals surface area contributed by atoms with Crippen LogP contribution in [0.3, 0.4) is 0 Å². The van der Waals surface area contributed by atoms with Crippen molar-refractivity contribution in [3.63, 3.8) is 0 Å². The average Bonchev–Trinajstić information content (AvgIpc) is 2.26. The van der Waals surface area contributed by atoms with E-state index in [9.17, 15) is 24.6 Å². The molecule has 0 saturated carbocycles. The number of carboxylic acid groups (broad SMARTS) is 1. The van der Waals surface area contributed by atoms with Crippen molar-refractivity contribution in [1.82, 2.24) is 0 Å². The van der Waals surface area contributed by atoms with Crippen LogP contribution in [0.2, 0.25) is 0 Å². The standard InChI is InChI=1S/C10H14O9/c1-3(11)17-6-5(13)7(9(14)15)19-10(16)8(6)18-4(2)12/h5-8,10,13,16H,1-2H3,(H,14,15)/t5-,6-,7-,8+,10-/m0/s1. The van der Waals surface area contributed by atoms with Crippen LogP contribution in [0, 0.1) is 0 Å². The molecule has 0 unspecified atom stereocenters. The first kappa shape index (κ1) is 15.3. The lowest BCUT2D eigenvalue weighted by Crippen LogP contribution is -2.62. The van der Waals surface area contributed by atoms with Crippen LogP contribution in [0.25, 0.3) is 0 Å². The third-order valence-electron chi connectivity index (χ3n) is 2.39. The Kier molecular flexibility index (Phi) is 4.81. The third-order valence-corrected chi connectivity index (χ3v) is 2.39. The van der Waals surface area contributed by atoms with E-state index in [-0.39, 0.29) is 0 Å². The van der Waals surface area contributed by atoms with Crippen molar-refractivity contribution in [3.8, 4) is 0 Å². The van der Waals surface area contributed by atoms with Crippen LogP contribution in [-0.4, -0.2) is 63.9 Å². The number of rotatable bonds is 3. The van der Waals surface area contributed by atoms with Gasteiger partial charge in [-0.3, -0.25) is 9.59 Å². The highest BCUT2D eigenvalue weighted by Crippen LogP contribution is 2.25. The maximum absolute atomic E-state index is 10.9. The maximum atomic E-state index is 10.9. The van der Waals surface area contributed by atoms with E-state index in [2.05, 4.69) is 9.47 Å². The van der Waals surface area contributed by atoms with Gasteiger partial charge in [0.1, 0.15) is 6.10 Å². The summed E-state index contributed by atoms with van der Waals surface area (Å²) in [5, 5.41) is 28.1. The summed E-state index contributed by atoms with van der Waals surface area (Å²) in [5.41, 5.74) is 0. The third kappa shape index (κ3) is 3.63. The van der Waals surface area contributed by atoms with Gasteiger partial charge in [-0.15, -0.1) is 0 Å². The van der Waals surface area contributed by atoms with Crippen LogP contribution in [0.1, 0.15) is 13.8 Å². The molecule has 1 fully saturated rings. The zero-order chi connectivity index (χ0) is 14.7. The highest BCUT2D eigenvalue weighted by Gasteiger charge is 2.51. The molecule has 108 valence electrons. The first-order valence-corrected chi connectivity index (χ1v) is 5.33. The van der Waals surface area contributed by atoms with E-state index in [4.69, 9.17) is 9.84 Å². The van der Waals surface area contributed by atoms with Gasteiger partial charge in [0.2, 0.25) is 0 Å². The summed E-state index contributed by atoms with van der Waals surface area (Å²) in [7, 11) is 0. The van der Waals surface area contributed by atoms with Crippen LogP contribution >= 0.6 is 0 Å². The molecule has 5 atom stereocenters. The zero-order valence-corrected chi connectivity index (χ0v) is 10.2. The Hall–Kier alpha value is -1.71. The van der Waals surface area contributed by atoms with Crippen LogP contribution in [0.15, 0.2) is 0 Å². The Morgan fingerprint density at radius 2 is 1.47 bits per heavy atom. The minimum Gasteiger partial charge on any atom is -0.479 e. The van der Waals surface area contributed by atoms with Crippen LogP contribution in [-0.2, 0) is 28.6 Å². The molecule has 1 rings (SSSR count). The second-order valence-corrected chi connectivity index (χ2v) is 3.92. The number of aliphatic hydroxyl groups is 2. The van der Waals surface area contributed by atoms with E-state index in [0.717, 1.165) is 13.8 Å². The van der Waals surface area contributed by atoms with Crippen molar-refractivity contribution >= 4 is 17.9 Å². The van der Waals surface area contributed by atoms with Crippen molar-refractivity contribution < 1.29 is 43.9 Å². The fourth-order valence-electron chi connectivity index (χ4n) is 1.69. The Morgan fingerprint density at radius 1 is 1.00 bits per heavy atom. The number of hydrogen-bond acceptors (Lipinski definition) is 8. The number of esters is 2. The molecule has 0 bridgehead atoms. The lowest BCUT2D eigenvalue weighted by Gasteiger charge is -2.39. The van der Waals surface area contributed by atoms with Gasteiger partial charge < -0.3 is 29.5 Å². The molecule has 9 heteroatoms. The number of carbonyl (C=O) groups excluding carboxylic acids is 2. The summed E-state index contributed by atoms with van der Waals surface area (Å²) in [6.07, 6.45) is -8.46. The van der Waals surface area contributed by atoms with E-state index < -0.39 is 48.6 Å². The maximum Gasteiger partial charge on any atom is 0.335 e. The molecule has 0 spiro atoms. The molecule has 0 aliphatic carbocycles. The van der Waals surface area contributed by atoms with Crippen LogP contribution < -0.4 is 0 Å².